The second-order valence-electron chi connectivity index (χ2n) is 2.70. The zero-order valence-corrected chi connectivity index (χ0v) is 9.07. The summed E-state index contributed by atoms with van der Waals surface area (Å²) in [6, 6.07) is 3.48. The van der Waals surface area contributed by atoms with Crippen molar-refractivity contribution in [3.63, 3.8) is 0 Å². The number of hydrogen-bond donors (Lipinski definition) is 0. The first-order valence-corrected chi connectivity index (χ1v) is 5.64. The van der Waals surface area contributed by atoms with E-state index in [4.69, 9.17) is 11.6 Å². The number of rotatable bonds is 3. The molecule has 0 aliphatic heterocycles. The second kappa shape index (κ2) is 4.82. The van der Waals surface area contributed by atoms with Gasteiger partial charge in [0.1, 0.15) is 0 Å². The van der Waals surface area contributed by atoms with E-state index in [9.17, 15) is 4.39 Å². The van der Waals surface area contributed by atoms with Gasteiger partial charge in [0, 0.05) is 11.4 Å². The first-order valence-electron chi connectivity index (χ1n) is 3.92. The van der Waals surface area contributed by atoms with Gasteiger partial charge in [-0.1, -0.05) is 17.7 Å². The molecule has 0 saturated carbocycles. The smallest absolute Gasteiger partial charge is 0.215 e. The molecule has 13 heavy (non-hydrogen) atoms. The molecule has 72 valence electrons. The summed E-state index contributed by atoms with van der Waals surface area (Å²) in [4.78, 5) is 3.93. The second-order valence-corrected chi connectivity index (χ2v) is 4.26. The summed E-state index contributed by atoms with van der Waals surface area (Å²) in [6.07, 6.45) is 3.70. The van der Waals surface area contributed by atoms with Crippen LogP contribution in [-0.4, -0.2) is 11.2 Å². The predicted octanol–water partition coefficient (Wildman–Crippen LogP) is 3.71. The fraction of sp³-hybridized carbons (Fsp3) is 0.444. The number of nitrogens with zero attached hydrogens (tertiary/aromatic N) is 1. The first kappa shape index (κ1) is 10.8. The molecule has 0 aliphatic carbocycles. The normalized spacial score (nSPS) is 15.4. The predicted molar refractivity (Wildman–Crippen MR) is 55.9 cm³/mol. The van der Waals surface area contributed by atoms with Crippen LogP contribution >= 0.6 is 23.4 Å². The summed E-state index contributed by atoms with van der Waals surface area (Å²) in [5.74, 6) is 0. The third kappa shape index (κ3) is 2.85. The van der Waals surface area contributed by atoms with E-state index in [1.807, 2.05) is 12.3 Å². The Hall–Kier alpha value is -0.280. The summed E-state index contributed by atoms with van der Waals surface area (Å²) in [5, 5.41) is 0.384. The van der Waals surface area contributed by atoms with Crippen molar-refractivity contribution in [1.29, 1.82) is 0 Å². The van der Waals surface area contributed by atoms with Gasteiger partial charge in [-0.05, 0) is 24.8 Å². The molecule has 0 aliphatic rings. The topological polar surface area (TPSA) is 12.9 Å². The van der Waals surface area contributed by atoms with Gasteiger partial charge in [-0.2, -0.15) is 11.8 Å². The lowest BCUT2D eigenvalue weighted by Crippen LogP contribution is -1.93. The summed E-state index contributed by atoms with van der Waals surface area (Å²) in [6.45, 7) is 2.08. The number of halogens is 2. The Morgan fingerprint density at radius 2 is 2.23 bits per heavy atom. The van der Waals surface area contributed by atoms with Crippen molar-refractivity contribution in [2.75, 3.05) is 6.26 Å². The first-order chi connectivity index (χ1) is 6.15. The molecule has 0 amide bonds. The van der Waals surface area contributed by atoms with E-state index in [-0.39, 0.29) is 5.69 Å². The molecule has 0 radical (unpaired) electrons. The molecule has 2 atom stereocenters. The van der Waals surface area contributed by atoms with Crippen molar-refractivity contribution < 1.29 is 4.39 Å². The molecule has 0 fully saturated rings. The van der Waals surface area contributed by atoms with Crippen LogP contribution in [0.2, 0.25) is 0 Å². The Bertz CT molecular complexity index is 263. The van der Waals surface area contributed by atoms with Crippen LogP contribution in [0.3, 0.4) is 0 Å². The summed E-state index contributed by atoms with van der Waals surface area (Å²) in [7, 11) is 0. The van der Waals surface area contributed by atoms with E-state index in [0.29, 0.717) is 5.25 Å². The highest BCUT2D eigenvalue weighted by Crippen LogP contribution is 2.26. The van der Waals surface area contributed by atoms with Crippen LogP contribution in [0.25, 0.3) is 0 Å². The van der Waals surface area contributed by atoms with E-state index < -0.39 is 5.63 Å². The van der Waals surface area contributed by atoms with Gasteiger partial charge in [0.05, 0.1) is 5.69 Å². The van der Waals surface area contributed by atoms with Crippen LogP contribution in [0.1, 0.15) is 29.1 Å². The molecule has 0 spiro atoms. The molecule has 1 rings (SSSR count). The fourth-order valence-electron chi connectivity index (χ4n) is 0.922. The van der Waals surface area contributed by atoms with E-state index in [2.05, 4.69) is 11.9 Å². The van der Waals surface area contributed by atoms with Crippen LogP contribution in [-0.2, 0) is 0 Å². The lowest BCUT2D eigenvalue weighted by atomic mass is 10.2. The number of thioether (sulfide) groups is 1. The largest absolute Gasteiger partial charge is 0.257 e. The molecule has 0 N–H and O–H groups in total. The molecule has 2 unspecified atom stereocenters. The standard InChI is InChI=1S/C9H11ClFNS/c1-6(13-2)7-3-4-8(9(10)11)12-5-7/h3-6,9H,1-2H3. The van der Waals surface area contributed by atoms with Crippen molar-refractivity contribution in [3.05, 3.63) is 29.6 Å². The zero-order valence-electron chi connectivity index (χ0n) is 7.50. The van der Waals surface area contributed by atoms with Gasteiger partial charge < -0.3 is 0 Å². The van der Waals surface area contributed by atoms with Crippen LogP contribution < -0.4 is 0 Å². The van der Waals surface area contributed by atoms with E-state index >= 15 is 0 Å². The van der Waals surface area contributed by atoms with Gasteiger partial charge in [0.15, 0.2) is 0 Å². The van der Waals surface area contributed by atoms with E-state index in [0.717, 1.165) is 5.56 Å². The minimum Gasteiger partial charge on any atom is -0.257 e. The summed E-state index contributed by atoms with van der Waals surface area (Å²) >= 11 is 6.96. The van der Waals surface area contributed by atoms with E-state index in [1.165, 1.54) is 0 Å². The van der Waals surface area contributed by atoms with Crippen LogP contribution in [0.4, 0.5) is 4.39 Å². The molecule has 1 heterocycles. The lowest BCUT2D eigenvalue weighted by Gasteiger charge is -2.08. The SMILES string of the molecule is CSC(C)c1ccc(C(F)Cl)nc1. The minimum atomic E-state index is -1.50. The lowest BCUT2D eigenvalue weighted by molar-refractivity contribution is 0.451. The Morgan fingerprint density at radius 1 is 1.54 bits per heavy atom. The van der Waals surface area contributed by atoms with Gasteiger partial charge in [-0.15, -0.1) is 0 Å². The molecule has 1 aromatic heterocycles. The van der Waals surface area contributed by atoms with Crippen molar-refractivity contribution in [3.8, 4) is 0 Å². The van der Waals surface area contributed by atoms with Gasteiger partial charge in [0.25, 0.3) is 0 Å². The Kier molecular flexibility index (Phi) is 4.00. The summed E-state index contributed by atoms with van der Waals surface area (Å²) < 4.78 is 12.5. The third-order valence-electron chi connectivity index (χ3n) is 1.86. The summed E-state index contributed by atoms with van der Waals surface area (Å²) in [5.41, 5.74) is -0.133. The monoisotopic (exact) mass is 219 g/mol. The maximum atomic E-state index is 12.5. The van der Waals surface area contributed by atoms with Crippen LogP contribution in [0.15, 0.2) is 18.3 Å². The number of pyridine rings is 1. The van der Waals surface area contributed by atoms with Gasteiger partial charge in [-0.3, -0.25) is 4.98 Å². The van der Waals surface area contributed by atoms with Crippen molar-refractivity contribution in [1.82, 2.24) is 4.98 Å². The van der Waals surface area contributed by atoms with Crippen molar-refractivity contribution >= 4 is 23.4 Å². The third-order valence-corrected chi connectivity index (χ3v) is 3.06. The quantitative estimate of drug-likeness (QED) is 0.719. The van der Waals surface area contributed by atoms with Crippen LogP contribution in [0.5, 0.6) is 0 Å². The van der Waals surface area contributed by atoms with Crippen molar-refractivity contribution in [2.24, 2.45) is 0 Å². The zero-order chi connectivity index (χ0) is 9.84. The molecule has 0 saturated heterocycles. The highest BCUT2D eigenvalue weighted by atomic mass is 35.5. The maximum absolute atomic E-state index is 12.5. The molecule has 4 heteroatoms. The Morgan fingerprint density at radius 3 is 2.62 bits per heavy atom. The average Bonchev–Trinajstić information content (AvgIpc) is 2.17. The number of alkyl halides is 2. The number of hydrogen-bond acceptors (Lipinski definition) is 2. The highest BCUT2D eigenvalue weighted by Gasteiger charge is 2.08. The molecular formula is C9H11ClFNS. The van der Waals surface area contributed by atoms with Gasteiger partial charge in [-0.25, -0.2) is 4.39 Å². The highest BCUT2D eigenvalue weighted by molar-refractivity contribution is 7.98. The Balaban J connectivity index is 2.81. The number of aromatic nitrogens is 1. The maximum Gasteiger partial charge on any atom is 0.215 e. The van der Waals surface area contributed by atoms with Gasteiger partial charge >= 0.3 is 0 Å². The molecule has 1 nitrogen and oxygen atoms in total. The van der Waals surface area contributed by atoms with Crippen molar-refractivity contribution in [2.45, 2.75) is 17.8 Å². The Labute approximate surface area is 86.7 Å². The average molecular weight is 220 g/mol. The minimum absolute atomic E-state index is 0.277. The fourth-order valence-corrected chi connectivity index (χ4v) is 1.46. The van der Waals surface area contributed by atoms with Crippen LogP contribution in [0, 0.1) is 0 Å². The molecular weight excluding hydrogens is 209 g/mol. The molecule has 0 bridgehead atoms. The van der Waals surface area contributed by atoms with Gasteiger partial charge in [0.2, 0.25) is 5.63 Å². The molecule has 0 aromatic carbocycles. The molecule has 1 aromatic rings. The van der Waals surface area contributed by atoms with E-state index in [1.54, 1.807) is 24.0 Å².